The van der Waals surface area contributed by atoms with Crippen LogP contribution in [0.5, 0.6) is 0 Å². The monoisotopic (exact) mass is 385 g/mol. The number of amides is 1. The van der Waals surface area contributed by atoms with Crippen LogP contribution in [0.25, 0.3) is 0 Å². The van der Waals surface area contributed by atoms with Crippen molar-refractivity contribution in [3.8, 4) is 0 Å². The maximum Gasteiger partial charge on any atom is 0.393 e. The van der Waals surface area contributed by atoms with E-state index in [9.17, 15) is 28.1 Å². The van der Waals surface area contributed by atoms with Crippen molar-refractivity contribution >= 4 is 17.3 Å². The van der Waals surface area contributed by atoms with Gasteiger partial charge in [0.1, 0.15) is 5.69 Å². The van der Waals surface area contributed by atoms with E-state index < -0.39 is 17.0 Å². The Kier molecular flexibility index (Phi) is 5.57. The number of nitro benzene ring substituents is 1. The summed E-state index contributed by atoms with van der Waals surface area (Å²) >= 11 is 0. The summed E-state index contributed by atoms with van der Waals surface area (Å²) in [5.41, 5.74) is 0.537. The van der Waals surface area contributed by atoms with Crippen LogP contribution in [-0.2, 0) is 4.79 Å². The molecule has 2 saturated heterocycles. The Hall–Kier alpha value is -2.32. The van der Waals surface area contributed by atoms with E-state index in [0.29, 0.717) is 44.6 Å². The fraction of sp³-hybridized carbons (Fsp3) is 0.611. The van der Waals surface area contributed by atoms with E-state index in [4.69, 9.17) is 0 Å². The zero-order chi connectivity index (χ0) is 19.6. The molecule has 1 atom stereocenters. The minimum Gasteiger partial charge on any atom is -0.366 e. The van der Waals surface area contributed by atoms with Crippen LogP contribution in [-0.4, -0.2) is 48.1 Å². The normalized spacial score (nSPS) is 22.0. The van der Waals surface area contributed by atoms with Crippen molar-refractivity contribution in [2.75, 3.05) is 31.1 Å². The average Bonchev–Trinajstić information content (AvgIpc) is 2.67. The molecule has 0 aromatic heterocycles. The molecule has 0 aliphatic carbocycles. The third-order valence-corrected chi connectivity index (χ3v) is 5.46. The van der Waals surface area contributed by atoms with E-state index in [1.165, 1.54) is 11.0 Å². The van der Waals surface area contributed by atoms with Gasteiger partial charge in [-0.05, 0) is 31.7 Å². The van der Waals surface area contributed by atoms with Crippen molar-refractivity contribution in [1.29, 1.82) is 0 Å². The predicted octanol–water partition coefficient (Wildman–Crippen LogP) is 3.61. The van der Waals surface area contributed by atoms with E-state index >= 15 is 0 Å². The van der Waals surface area contributed by atoms with E-state index in [1.807, 2.05) is 4.90 Å². The highest BCUT2D eigenvalue weighted by atomic mass is 19.4. The van der Waals surface area contributed by atoms with Crippen LogP contribution in [0, 0.1) is 22.0 Å². The SMILES string of the molecule is O=C(C1CCN(c2ccccc2[N+](=O)[O-])CC1)N1CCC[C@@H](C(F)(F)F)C1. The summed E-state index contributed by atoms with van der Waals surface area (Å²) in [6, 6.07) is 6.45. The lowest BCUT2D eigenvalue weighted by atomic mass is 9.91. The number of alkyl halides is 3. The molecule has 27 heavy (non-hydrogen) atoms. The van der Waals surface area contributed by atoms with Gasteiger partial charge in [0.05, 0.1) is 10.8 Å². The predicted molar refractivity (Wildman–Crippen MR) is 93.4 cm³/mol. The van der Waals surface area contributed by atoms with Gasteiger partial charge in [0, 0.05) is 38.2 Å². The zero-order valence-electron chi connectivity index (χ0n) is 14.8. The molecule has 0 spiro atoms. The highest BCUT2D eigenvalue weighted by molar-refractivity contribution is 5.79. The van der Waals surface area contributed by atoms with Gasteiger partial charge in [-0.15, -0.1) is 0 Å². The van der Waals surface area contributed by atoms with Crippen molar-refractivity contribution < 1.29 is 22.9 Å². The topological polar surface area (TPSA) is 66.7 Å². The fourth-order valence-corrected chi connectivity index (χ4v) is 3.96. The Labute approximate surface area is 155 Å². The Morgan fingerprint density at radius 2 is 1.78 bits per heavy atom. The van der Waals surface area contributed by atoms with E-state index in [0.717, 1.165) is 0 Å². The van der Waals surface area contributed by atoms with Crippen molar-refractivity contribution in [2.45, 2.75) is 31.9 Å². The molecule has 148 valence electrons. The lowest BCUT2D eigenvalue weighted by Gasteiger charge is -2.38. The van der Waals surface area contributed by atoms with Gasteiger partial charge in [0.25, 0.3) is 5.69 Å². The van der Waals surface area contributed by atoms with Crippen molar-refractivity contribution in [3.63, 3.8) is 0 Å². The summed E-state index contributed by atoms with van der Waals surface area (Å²) in [7, 11) is 0. The first-order chi connectivity index (χ1) is 12.8. The highest BCUT2D eigenvalue weighted by Gasteiger charge is 2.43. The smallest absolute Gasteiger partial charge is 0.366 e. The molecule has 0 N–H and O–H groups in total. The zero-order valence-corrected chi connectivity index (χ0v) is 14.8. The number of nitrogens with zero attached hydrogens (tertiary/aromatic N) is 3. The molecule has 2 aliphatic heterocycles. The average molecular weight is 385 g/mol. The Balaban J connectivity index is 1.61. The second-order valence-corrected chi connectivity index (χ2v) is 7.17. The van der Waals surface area contributed by atoms with E-state index in [2.05, 4.69) is 0 Å². The summed E-state index contributed by atoms with van der Waals surface area (Å²) in [4.78, 5) is 26.7. The van der Waals surface area contributed by atoms with Gasteiger partial charge < -0.3 is 9.80 Å². The lowest BCUT2D eigenvalue weighted by Crippen LogP contribution is -2.48. The molecule has 1 amide bonds. The maximum absolute atomic E-state index is 13.0. The molecule has 2 fully saturated rings. The molecule has 2 heterocycles. The number of hydrogen-bond acceptors (Lipinski definition) is 4. The molecule has 0 bridgehead atoms. The van der Waals surface area contributed by atoms with Gasteiger partial charge in [-0.1, -0.05) is 12.1 Å². The first-order valence-corrected chi connectivity index (χ1v) is 9.11. The second-order valence-electron chi connectivity index (χ2n) is 7.17. The Bertz CT molecular complexity index is 703. The maximum atomic E-state index is 13.0. The van der Waals surface area contributed by atoms with Crippen LogP contribution in [0.2, 0.25) is 0 Å². The molecule has 1 aromatic carbocycles. The molecule has 2 aliphatic rings. The molecule has 6 nitrogen and oxygen atoms in total. The molecule has 1 aromatic rings. The van der Waals surface area contributed by atoms with Crippen LogP contribution in [0.4, 0.5) is 24.5 Å². The van der Waals surface area contributed by atoms with Gasteiger partial charge in [-0.25, -0.2) is 0 Å². The number of halogens is 3. The number of carbonyl (C=O) groups is 1. The van der Waals surface area contributed by atoms with Crippen molar-refractivity contribution in [3.05, 3.63) is 34.4 Å². The molecule has 0 saturated carbocycles. The third kappa shape index (κ3) is 4.33. The van der Waals surface area contributed by atoms with E-state index in [1.54, 1.807) is 18.2 Å². The Morgan fingerprint density at radius 3 is 2.41 bits per heavy atom. The minimum absolute atomic E-state index is 0.0197. The molecule has 3 rings (SSSR count). The van der Waals surface area contributed by atoms with E-state index in [-0.39, 0.29) is 30.5 Å². The highest BCUT2D eigenvalue weighted by Crippen LogP contribution is 2.35. The number of nitro groups is 1. The Morgan fingerprint density at radius 1 is 1.11 bits per heavy atom. The molecular formula is C18H22F3N3O3. The van der Waals surface area contributed by atoms with Gasteiger partial charge in [0.15, 0.2) is 0 Å². The fourth-order valence-electron chi connectivity index (χ4n) is 3.96. The standard InChI is InChI=1S/C18H22F3N3O3/c19-18(20,21)14-4-3-9-23(12-14)17(25)13-7-10-22(11-8-13)15-5-1-2-6-16(15)24(26)27/h1-2,5-6,13-14H,3-4,7-12H2/t14-/m1/s1. The van der Waals surface area contributed by atoms with Gasteiger partial charge in [0.2, 0.25) is 5.91 Å². The number of rotatable bonds is 3. The third-order valence-electron chi connectivity index (χ3n) is 5.46. The van der Waals surface area contributed by atoms with Gasteiger partial charge >= 0.3 is 6.18 Å². The van der Waals surface area contributed by atoms with Crippen molar-refractivity contribution in [2.24, 2.45) is 11.8 Å². The van der Waals surface area contributed by atoms with Crippen LogP contribution in [0.15, 0.2) is 24.3 Å². The number of benzene rings is 1. The van der Waals surface area contributed by atoms with Gasteiger partial charge in [-0.2, -0.15) is 13.2 Å². The van der Waals surface area contributed by atoms with Crippen LogP contribution >= 0.6 is 0 Å². The second kappa shape index (κ2) is 7.74. The number of likely N-dealkylation sites (tertiary alicyclic amines) is 1. The molecular weight excluding hydrogens is 363 g/mol. The number of anilines is 1. The summed E-state index contributed by atoms with van der Waals surface area (Å²) in [6.45, 7) is 1.05. The number of para-hydroxylation sites is 2. The van der Waals surface area contributed by atoms with Crippen molar-refractivity contribution in [1.82, 2.24) is 4.90 Å². The summed E-state index contributed by atoms with van der Waals surface area (Å²) < 4.78 is 38.9. The first kappa shape index (κ1) is 19.4. The number of hydrogen-bond donors (Lipinski definition) is 0. The van der Waals surface area contributed by atoms with Gasteiger partial charge in [-0.3, -0.25) is 14.9 Å². The molecule has 9 heteroatoms. The quantitative estimate of drug-likeness (QED) is 0.589. The minimum atomic E-state index is -4.27. The van der Waals surface area contributed by atoms with Crippen LogP contribution in [0.3, 0.4) is 0 Å². The summed E-state index contributed by atoms with van der Waals surface area (Å²) in [6.07, 6.45) is -2.86. The molecule has 0 unspecified atom stereocenters. The number of carbonyl (C=O) groups excluding carboxylic acids is 1. The summed E-state index contributed by atoms with van der Waals surface area (Å²) in [5.74, 6) is -1.98. The van der Waals surface area contributed by atoms with Crippen LogP contribution in [0.1, 0.15) is 25.7 Å². The first-order valence-electron chi connectivity index (χ1n) is 9.11. The largest absolute Gasteiger partial charge is 0.393 e. The van der Waals surface area contributed by atoms with Crippen LogP contribution < -0.4 is 4.90 Å². The molecule has 0 radical (unpaired) electrons. The lowest BCUT2D eigenvalue weighted by molar-refractivity contribution is -0.384. The summed E-state index contributed by atoms with van der Waals surface area (Å²) in [5, 5.41) is 11.2. The number of piperidine rings is 2.